The van der Waals surface area contributed by atoms with Crippen LogP contribution < -0.4 is 15.2 Å². The van der Waals surface area contributed by atoms with E-state index in [1.54, 1.807) is 6.07 Å². The normalized spacial score (nSPS) is 18.8. The van der Waals surface area contributed by atoms with Crippen molar-refractivity contribution in [2.75, 3.05) is 19.1 Å². The Bertz CT molecular complexity index is 763. The van der Waals surface area contributed by atoms with Gasteiger partial charge in [-0.2, -0.15) is 5.10 Å². The van der Waals surface area contributed by atoms with Gasteiger partial charge in [-0.05, 0) is 42.7 Å². The van der Waals surface area contributed by atoms with Crippen molar-refractivity contribution in [3.05, 3.63) is 41.6 Å². The fourth-order valence-corrected chi connectivity index (χ4v) is 3.23. The van der Waals surface area contributed by atoms with Gasteiger partial charge in [-0.1, -0.05) is 6.07 Å². The number of ether oxygens (including phenoxy) is 2. The van der Waals surface area contributed by atoms with Crippen molar-refractivity contribution in [1.82, 2.24) is 15.1 Å². The average Bonchev–Trinajstić information content (AvgIpc) is 3.24. The molecular formula is C17H18N4O3. The molecule has 0 radical (unpaired) electrons. The van der Waals surface area contributed by atoms with Crippen LogP contribution in [0.2, 0.25) is 0 Å². The number of amides is 1. The molecule has 2 aliphatic rings. The topological polar surface area (TPSA) is 90.6 Å². The first-order valence-electron chi connectivity index (χ1n) is 7.98. The summed E-state index contributed by atoms with van der Waals surface area (Å²) in [6.07, 6.45) is 2.19. The summed E-state index contributed by atoms with van der Waals surface area (Å²) < 4.78 is 10.7. The molecule has 2 aromatic rings. The van der Waals surface area contributed by atoms with E-state index < -0.39 is 0 Å². The van der Waals surface area contributed by atoms with Crippen molar-refractivity contribution in [3.63, 3.8) is 0 Å². The van der Waals surface area contributed by atoms with Crippen LogP contribution in [0, 0.1) is 0 Å². The van der Waals surface area contributed by atoms with E-state index in [4.69, 9.17) is 15.2 Å². The molecule has 3 heterocycles. The first-order chi connectivity index (χ1) is 11.7. The van der Waals surface area contributed by atoms with Gasteiger partial charge in [0.25, 0.3) is 0 Å². The molecule has 0 saturated carbocycles. The highest BCUT2D eigenvalue weighted by atomic mass is 16.7. The van der Waals surface area contributed by atoms with Crippen LogP contribution in [0.15, 0.2) is 30.3 Å². The van der Waals surface area contributed by atoms with E-state index in [0.29, 0.717) is 18.0 Å². The van der Waals surface area contributed by atoms with Gasteiger partial charge >= 0.3 is 0 Å². The molecule has 24 heavy (non-hydrogen) atoms. The maximum absolute atomic E-state index is 12.7. The minimum atomic E-state index is -0.0281. The quantitative estimate of drug-likeness (QED) is 0.923. The lowest BCUT2D eigenvalue weighted by molar-refractivity contribution is -0.131. The van der Waals surface area contributed by atoms with E-state index in [0.717, 1.165) is 36.4 Å². The molecule has 7 nitrogen and oxygen atoms in total. The number of carbonyl (C=O) groups is 1. The molecule has 0 bridgehead atoms. The fraction of sp³-hybridized carbons (Fsp3) is 0.353. The summed E-state index contributed by atoms with van der Waals surface area (Å²) in [5.74, 6) is 1.88. The predicted octanol–water partition coefficient (Wildman–Crippen LogP) is 1.69. The van der Waals surface area contributed by atoms with Gasteiger partial charge in [0.05, 0.1) is 18.2 Å². The Morgan fingerprint density at radius 3 is 2.92 bits per heavy atom. The van der Waals surface area contributed by atoms with Gasteiger partial charge in [0.15, 0.2) is 11.5 Å². The van der Waals surface area contributed by atoms with Crippen LogP contribution in [0.4, 0.5) is 5.82 Å². The molecule has 2 N–H and O–H groups in total. The molecule has 1 aromatic heterocycles. The van der Waals surface area contributed by atoms with Gasteiger partial charge in [-0.25, -0.2) is 0 Å². The largest absolute Gasteiger partial charge is 0.454 e. The third-order valence-electron chi connectivity index (χ3n) is 4.41. The second kappa shape index (κ2) is 5.99. The minimum absolute atomic E-state index is 0.0281. The van der Waals surface area contributed by atoms with Crippen LogP contribution in [-0.2, 0) is 11.2 Å². The summed E-state index contributed by atoms with van der Waals surface area (Å²) in [7, 11) is 0. The number of aromatic nitrogens is 2. The predicted molar refractivity (Wildman–Crippen MR) is 86.4 cm³/mol. The van der Waals surface area contributed by atoms with E-state index in [1.807, 2.05) is 29.2 Å². The van der Waals surface area contributed by atoms with Gasteiger partial charge in [-0.3, -0.25) is 4.79 Å². The maximum Gasteiger partial charge on any atom is 0.231 e. The number of nitrogen functional groups attached to an aromatic ring is 1. The summed E-state index contributed by atoms with van der Waals surface area (Å²) in [5, 5.41) is 8.04. The van der Waals surface area contributed by atoms with Crippen LogP contribution in [0.1, 0.15) is 30.1 Å². The molecule has 0 spiro atoms. The molecule has 1 saturated heterocycles. The number of nitrogens with two attached hydrogens (primary N) is 1. The van der Waals surface area contributed by atoms with Crippen molar-refractivity contribution >= 4 is 11.7 Å². The Morgan fingerprint density at radius 1 is 1.21 bits per heavy atom. The lowest BCUT2D eigenvalue weighted by Gasteiger charge is -2.24. The van der Waals surface area contributed by atoms with Crippen molar-refractivity contribution in [1.29, 1.82) is 0 Å². The third kappa shape index (κ3) is 2.73. The Hall–Kier alpha value is -2.83. The van der Waals surface area contributed by atoms with Crippen molar-refractivity contribution < 1.29 is 14.3 Å². The highest BCUT2D eigenvalue weighted by Crippen LogP contribution is 2.34. The smallest absolute Gasteiger partial charge is 0.231 e. The summed E-state index contributed by atoms with van der Waals surface area (Å²) in [6.45, 7) is 0.969. The van der Waals surface area contributed by atoms with Gasteiger partial charge in [0.2, 0.25) is 12.7 Å². The number of fused-ring (bicyclic) bond motifs is 1. The van der Waals surface area contributed by atoms with E-state index in [1.165, 1.54) is 0 Å². The number of hydrogen-bond acceptors (Lipinski definition) is 6. The highest BCUT2D eigenvalue weighted by Gasteiger charge is 2.31. The Kier molecular flexibility index (Phi) is 3.68. The van der Waals surface area contributed by atoms with Gasteiger partial charge in [0, 0.05) is 6.54 Å². The fourth-order valence-electron chi connectivity index (χ4n) is 3.23. The van der Waals surface area contributed by atoms with Crippen molar-refractivity contribution in [2.24, 2.45) is 0 Å². The number of likely N-dealkylation sites (tertiary alicyclic amines) is 1. The third-order valence-corrected chi connectivity index (χ3v) is 4.41. The van der Waals surface area contributed by atoms with Gasteiger partial charge in [-0.15, -0.1) is 5.10 Å². The van der Waals surface area contributed by atoms with E-state index in [9.17, 15) is 4.79 Å². The molecule has 1 unspecified atom stereocenters. The number of nitrogens with zero attached hydrogens (tertiary/aromatic N) is 3. The molecule has 1 amide bonds. The summed E-state index contributed by atoms with van der Waals surface area (Å²) in [4.78, 5) is 14.6. The number of anilines is 1. The number of carbonyl (C=O) groups excluding carboxylic acids is 1. The molecule has 1 fully saturated rings. The van der Waals surface area contributed by atoms with Crippen molar-refractivity contribution in [3.8, 4) is 11.5 Å². The number of benzene rings is 1. The molecule has 4 rings (SSSR count). The zero-order valence-electron chi connectivity index (χ0n) is 13.1. The van der Waals surface area contributed by atoms with Crippen LogP contribution in [0.25, 0.3) is 0 Å². The summed E-state index contributed by atoms with van der Waals surface area (Å²) >= 11 is 0. The lowest BCUT2D eigenvalue weighted by atomic mass is 10.1. The number of rotatable bonds is 3. The van der Waals surface area contributed by atoms with E-state index in [-0.39, 0.29) is 18.7 Å². The van der Waals surface area contributed by atoms with Crippen molar-refractivity contribution in [2.45, 2.75) is 25.3 Å². The maximum atomic E-state index is 12.7. The zero-order chi connectivity index (χ0) is 16.5. The van der Waals surface area contributed by atoms with Crippen LogP contribution in [-0.4, -0.2) is 34.3 Å². The lowest BCUT2D eigenvalue weighted by Crippen LogP contribution is -2.32. The molecule has 124 valence electrons. The standard InChI is InChI=1S/C17H18N4O3/c18-16-6-4-12(19-20-16)13-2-1-7-21(13)17(22)9-11-3-5-14-15(8-11)24-10-23-14/h3-6,8,13H,1-2,7,9-10H2,(H2,18,20). The minimum Gasteiger partial charge on any atom is -0.454 e. The second-order valence-corrected chi connectivity index (χ2v) is 5.99. The van der Waals surface area contributed by atoms with E-state index >= 15 is 0 Å². The Morgan fingerprint density at radius 2 is 2.08 bits per heavy atom. The average molecular weight is 326 g/mol. The molecule has 7 heteroatoms. The zero-order valence-corrected chi connectivity index (χ0v) is 13.1. The molecule has 2 aliphatic heterocycles. The van der Waals surface area contributed by atoms with Crippen LogP contribution in [0.5, 0.6) is 11.5 Å². The van der Waals surface area contributed by atoms with Crippen LogP contribution in [0.3, 0.4) is 0 Å². The second-order valence-electron chi connectivity index (χ2n) is 5.99. The summed E-state index contributed by atoms with van der Waals surface area (Å²) in [5.41, 5.74) is 7.30. The first-order valence-corrected chi connectivity index (χ1v) is 7.98. The monoisotopic (exact) mass is 326 g/mol. The van der Waals surface area contributed by atoms with Gasteiger partial charge in [0.1, 0.15) is 5.82 Å². The molecule has 1 aromatic carbocycles. The molecular weight excluding hydrogens is 308 g/mol. The van der Waals surface area contributed by atoms with Crippen LogP contribution >= 0.6 is 0 Å². The molecule has 0 aliphatic carbocycles. The van der Waals surface area contributed by atoms with E-state index in [2.05, 4.69) is 10.2 Å². The first kappa shape index (κ1) is 14.7. The highest BCUT2D eigenvalue weighted by molar-refractivity contribution is 5.79. The Balaban J connectivity index is 1.50. The Labute approximate surface area is 139 Å². The summed E-state index contributed by atoms with van der Waals surface area (Å²) in [6, 6.07) is 9.16. The number of hydrogen-bond donors (Lipinski definition) is 1. The molecule has 1 atom stereocenters. The SMILES string of the molecule is Nc1ccc(C2CCCN2C(=O)Cc2ccc3c(c2)OCO3)nn1. The van der Waals surface area contributed by atoms with Gasteiger partial charge < -0.3 is 20.1 Å².